The Morgan fingerprint density at radius 3 is 2.85 bits per heavy atom. The number of hydrogen-bond acceptors (Lipinski definition) is 7. The molecule has 1 fully saturated rings. The zero-order valence-electron chi connectivity index (χ0n) is 15.4. The highest BCUT2D eigenvalue weighted by Gasteiger charge is 2.27. The number of nitrogens with zero attached hydrogens (tertiary/aromatic N) is 5. The van der Waals surface area contributed by atoms with Crippen LogP contribution < -0.4 is 0 Å². The summed E-state index contributed by atoms with van der Waals surface area (Å²) in [5, 5.41) is 7.26. The van der Waals surface area contributed by atoms with Gasteiger partial charge >= 0.3 is 0 Å². The number of piperidine rings is 1. The van der Waals surface area contributed by atoms with E-state index in [1.807, 2.05) is 32.3 Å². The monoisotopic (exact) mass is 369 g/mol. The van der Waals surface area contributed by atoms with Crippen molar-refractivity contribution in [1.29, 1.82) is 0 Å². The molecule has 4 heterocycles. The van der Waals surface area contributed by atoms with Gasteiger partial charge in [-0.25, -0.2) is 15.0 Å². The first-order valence-electron chi connectivity index (χ1n) is 9.03. The predicted octanol–water partition coefficient (Wildman–Crippen LogP) is 4.24. The number of thiazole rings is 1. The third-order valence-corrected chi connectivity index (χ3v) is 5.67. The zero-order chi connectivity index (χ0) is 18.1. The van der Waals surface area contributed by atoms with Crippen LogP contribution in [0, 0.1) is 20.8 Å². The van der Waals surface area contributed by atoms with Crippen molar-refractivity contribution in [1.82, 2.24) is 25.0 Å². The van der Waals surface area contributed by atoms with Gasteiger partial charge in [-0.3, -0.25) is 4.90 Å². The van der Waals surface area contributed by atoms with E-state index in [1.54, 1.807) is 11.3 Å². The van der Waals surface area contributed by atoms with Gasteiger partial charge in [-0.15, -0.1) is 11.3 Å². The van der Waals surface area contributed by atoms with E-state index >= 15 is 0 Å². The third-order valence-electron chi connectivity index (χ3n) is 4.91. The maximum absolute atomic E-state index is 5.32. The van der Waals surface area contributed by atoms with Gasteiger partial charge in [0.15, 0.2) is 5.82 Å². The minimum atomic E-state index is 0.300. The van der Waals surface area contributed by atoms with Crippen LogP contribution in [0.3, 0.4) is 0 Å². The molecule has 3 aromatic rings. The van der Waals surface area contributed by atoms with Crippen LogP contribution >= 0.6 is 11.3 Å². The Hall–Kier alpha value is -2.12. The van der Waals surface area contributed by atoms with Gasteiger partial charge in [0.05, 0.1) is 29.5 Å². The summed E-state index contributed by atoms with van der Waals surface area (Å²) in [6.07, 6.45) is 5.44. The molecular formula is C19H23N5OS. The summed E-state index contributed by atoms with van der Waals surface area (Å²) < 4.78 is 5.32. The van der Waals surface area contributed by atoms with E-state index in [1.165, 1.54) is 12.8 Å². The summed E-state index contributed by atoms with van der Waals surface area (Å²) in [4.78, 5) is 16.5. The molecule has 0 saturated carbocycles. The van der Waals surface area contributed by atoms with Crippen molar-refractivity contribution < 1.29 is 4.52 Å². The second-order valence-electron chi connectivity index (χ2n) is 6.86. The normalized spacial score (nSPS) is 18.3. The quantitative estimate of drug-likeness (QED) is 0.685. The lowest BCUT2D eigenvalue weighted by Crippen LogP contribution is -2.33. The Morgan fingerprint density at radius 2 is 2.12 bits per heavy atom. The van der Waals surface area contributed by atoms with E-state index in [-0.39, 0.29) is 0 Å². The summed E-state index contributed by atoms with van der Waals surface area (Å²) in [7, 11) is 0. The SMILES string of the molecule is Cc1cc([C@@H]2CCCCN2Cc2nccs2)nc(-c2c(C)noc2C)n1. The molecule has 136 valence electrons. The maximum Gasteiger partial charge on any atom is 0.165 e. The summed E-state index contributed by atoms with van der Waals surface area (Å²) in [6, 6.07) is 2.42. The van der Waals surface area contributed by atoms with Gasteiger partial charge < -0.3 is 4.52 Å². The molecule has 3 aromatic heterocycles. The summed E-state index contributed by atoms with van der Waals surface area (Å²) in [6.45, 7) is 7.84. The molecule has 1 atom stereocenters. The number of aryl methyl sites for hydroxylation is 3. The lowest BCUT2D eigenvalue weighted by atomic mass is 9.98. The smallest absolute Gasteiger partial charge is 0.165 e. The molecule has 4 rings (SSSR count). The summed E-state index contributed by atoms with van der Waals surface area (Å²) in [5.74, 6) is 1.48. The fourth-order valence-electron chi connectivity index (χ4n) is 3.70. The summed E-state index contributed by atoms with van der Waals surface area (Å²) in [5.41, 5.74) is 3.81. The predicted molar refractivity (Wildman–Crippen MR) is 101 cm³/mol. The molecule has 26 heavy (non-hydrogen) atoms. The van der Waals surface area contributed by atoms with Gasteiger partial charge in [-0.05, 0) is 46.2 Å². The van der Waals surface area contributed by atoms with Gasteiger partial charge in [-0.2, -0.15) is 0 Å². The van der Waals surface area contributed by atoms with E-state index in [0.29, 0.717) is 6.04 Å². The fourth-order valence-corrected chi connectivity index (χ4v) is 4.34. The molecule has 0 amide bonds. The highest BCUT2D eigenvalue weighted by atomic mass is 32.1. The van der Waals surface area contributed by atoms with Crippen LogP contribution in [0.4, 0.5) is 0 Å². The first-order chi connectivity index (χ1) is 12.6. The minimum absolute atomic E-state index is 0.300. The van der Waals surface area contributed by atoms with Crippen LogP contribution in [0.25, 0.3) is 11.4 Å². The first kappa shape index (κ1) is 17.3. The van der Waals surface area contributed by atoms with E-state index in [9.17, 15) is 0 Å². The van der Waals surface area contributed by atoms with Crippen molar-refractivity contribution in [3.05, 3.63) is 45.5 Å². The van der Waals surface area contributed by atoms with Crippen LogP contribution in [-0.2, 0) is 6.54 Å². The van der Waals surface area contributed by atoms with E-state index < -0.39 is 0 Å². The van der Waals surface area contributed by atoms with Crippen molar-refractivity contribution in [3.8, 4) is 11.4 Å². The van der Waals surface area contributed by atoms with Crippen LogP contribution in [0.1, 0.15) is 53.2 Å². The molecule has 1 aliphatic rings. The lowest BCUT2D eigenvalue weighted by Gasteiger charge is -2.35. The Morgan fingerprint density at radius 1 is 1.23 bits per heavy atom. The van der Waals surface area contributed by atoms with Gasteiger partial charge in [-0.1, -0.05) is 11.6 Å². The number of hydrogen-bond donors (Lipinski definition) is 0. The molecule has 7 heteroatoms. The van der Waals surface area contributed by atoms with Crippen LogP contribution in [0.5, 0.6) is 0 Å². The van der Waals surface area contributed by atoms with Crippen LogP contribution in [0.15, 0.2) is 22.2 Å². The topological polar surface area (TPSA) is 67.9 Å². The molecule has 0 spiro atoms. The zero-order valence-corrected chi connectivity index (χ0v) is 16.2. The van der Waals surface area contributed by atoms with E-state index in [0.717, 1.165) is 58.7 Å². The third kappa shape index (κ3) is 3.41. The molecule has 0 aliphatic carbocycles. The molecule has 0 bridgehead atoms. The highest BCUT2D eigenvalue weighted by Crippen LogP contribution is 2.33. The first-order valence-corrected chi connectivity index (χ1v) is 9.91. The Labute approximate surface area is 157 Å². The number of aromatic nitrogens is 4. The van der Waals surface area contributed by atoms with Crippen molar-refractivity contribution in [2.75, 3.05) is 6.54 Å². The lowest BCUT2D eigenvalue weighted by molar-refractivity contribution is 0.137. The van der Waals surface area contributed by atoms with E-state index in [4.69, 9.17) is 9.51 Å². The molecule has 0 aromatic carbocycles. The van der Waals surface area contributed by atoms with Crippen LogP contribution in [0.2, 0.25) is 0 Å². The maximum atomic E-state index is 5.32. The standard InChI is InChI=1S/C19H23N5OS/c1-12-10-15(22-19(21-12)18-13(2)23-25-14(18)3)16-6-4-5-8-24(16)11-17-20-7-9-26-17/h7,9-10,16H,4-6,8,11H2,1-3H3/t16-/m0/s1. The molecular weight excluding hydrogens is 346 g/mol. The molecule has 0 radical (unpaired) electrons. The average molecular weight is 369 g/mol. The average Bonchev–Trinajstić information content (AvgIpc) is 3.24. The minimum Gasteiger partial charge on any atom is -0.361 e. The van der Waals surface area contributed by atoms with Crippen LogP contribution in [-0.4, -0.2) is 31.6 Å². The van der Waals surface area contributed by atoms with Gasteiger partial charge in [0, 0.05) is 17.3 Å². The largest absolute Gasteiger partial charge is 0.361 e. The second-order valence-corrected chi connectivity index (χ2v) is 7.84. The molecule has 1 aliphatic heterocycles. The molecule has 1 saturated heterocycles. The van der Waals surface area contributed by atoms with Crippen molar-refractivity contribution in [3.63, 3.8) is 0 Å². The Kier molecular flexibility index (Phi) is 4.82. The molecule has 6 nitrogen and oxygen atoms in total. The molecule has 0 N–H and O–H groups in total. The van der Waals surface area contributed by atoms with Gasteiger partial charge in [0.25, 0.3) is 0 Å². The Bertz CT molecular complexity index is 870. The van der Waals surface area contributed by atoms with Crippen molar-refractivity contribution >= 4 is 11.3 Å². The van der Waals surface area contributed by atoms with Crippen molar-refractivity contribution in [2.45, 2.75) is 52.6 Å². The fraction of sp³-hybridized carbons (Fsp3) is 0.474. The highest BCUT2D eigenvalue weighted by molar-refractivity contribution is 7.09. The van der Waals surface area contributed by atoms with Gasteiger partial charge in [0.1, 0.15) is 10.8 Å². The van der Waals surface area contributed by atoms with E-state index in [2.05, 4.69) is 26.1 Å². The van der Waals surface area contributed by atoms with Crippen molar-refractivity contribution in [2.24, 2.45) is 0 Å². The van der Waals surface area contributed by atoms with Gasteiger partial charge in [0.2, 0.25) is 0 Å². The molecule has 0 unspecified atom stereocenters. The number of rotatable bonds is 4. The summed E-state index contributed by atoms with van der Waals surface area (Å²) >= 11 is 1.72. The number of likely N-dealkylation sites (tertiary alicyclic amines) is 1. The Balaban J connectivity index is 1.69. The second kappa shape index (κ2) is 7.25.